The van der Waals surface area contributed by atoms with Crippen molar-refractivity contribution in [3.05, 3.63) is 27.4 Å². The molecule has 0 aliphatic rings. The lowest BCUT2D eigenvalue weighted by Gasteiger charge is -2.12. The summed E-state index contributed by atoms with van der Waals surface area (Å²) in [6, 6.07) is 0. The minimum absolute atomic E-state index is 0.0774. The number of carboxylic acid groups (broad SMARTS) is 1. The van der Waals surface area contributed by atoms with Gasteiger partial charge in [0.1, 0.15) is 11.9 Å². The van der Waals surface area contributed by atoms with Crippen LogP contribution in [0.2, 0.25) is 0 Å². The minimum atomic E-state index is -0.930. The molecule has 0 spiro atoms. The number of aliphatic carboxylic acids is 1. The van der Waals surface area contributed by atoms with Crippen LogP contribution in [0.1, 0.15) is 43.5 Å². The monoisotopic (exact) mass is 254 g/mol. The summed E-state index contributed by atoms with van der Waals surface area (Å²) in [4.78, 5) is 29.2. The fourth-order valence-corrected chi connectivity index (χ4v) is 1.68. The van der Waals surface area contributed by atoms with E-state index in [0.717, 1.165) is 0 Å². The second kappa shape index (κ2) is 6.30. The summed E-state index contributed by atoms with van der Waals surface area (Å²) in [5.74, 6) is -0.459. The number of aromatic amines is 1. The minimum Gasteiger partial charge on any atom is -0.481 e. The highest BCUT2D eigenvalue weighted by Gasteiger charge is 2.13. The summed E-state index contributed by atoms with van der Waals surface area (Å²) in [5.41, 5.74) is 0.691. The molecule has 100 valence electrons. The first-order valence-corrected chi connectivity index (χ1v) is 5.88. The zero-order chi connectivity index (χ0) is 13.7. The van der Waals surface area contributed by atoms with Crippen LogP contribution in [0.4, 0.5) is 0 Å². The molecule has 18 heavy (non-hydrogen) atoms. The third kappa shape index (κ3) is 3.66. The van der Waals surface area contributed by atoms with Gasteiger partial charge >= 0.3 is 5.97 Å². The first kappa shape index (κ1) is 14.4. The van der Waals surface area contributed by atoms with Crippen LogP contribution < -0.4 is 5.56 Å². The van der Waals surface area contributed by atoms with E-state index in [-0.39, 0.29) is 24.5 Å². The van der Waals surface area contributed by atoms with E-state index in [1.165, 1.54) is 0 Å². The summed E-state index contributed by atoms with van der Waals surface area (Å²) in [6.07, 6.45) is -0.173. The molecule has 1 heterocycles. The van der Waals surface area contributed by atoms with Gasteiger partial charge in [-0.05, 0) is 27.2 Å². The Kier molecular flexibility index (Phi) is 5.03. The highest BCUT2D eigenvalue weighted by Crippen LogP contribution is 2.12. The second-order valence-corrected chi connectivity index (χ2v) is 4.01. The largest absolute Gasteiger partial charge is 0.481 e. The molecule has 0 aromatic carbocycles. The Bertz CT molecular complexity index is 481. The van der Waals surface area contributed by atoms with Gasteiger partial charge in [0.25, 0.3) is 5.56 Å². The number of hydrogen-bond acceptors (Lipinski definition) is 4. The van der Waals surface area contributed by atoms with Crippen molar-refractivity contribution in [1.29, 1.82) is 0 Å². The molecule has 1 unspecified atom stereocenters. The average molecular weight is 254 g/mol. The highest BCUT2D eigenvalue weighted by atomic mass is 16.5. The van der Waals surface area contributed by atoms with Gasteiger partial charge in [-0.15, -0.1) is 0 Å². The summed E-state index contributed by atoms with van der Waals surface area (Å²) < 4.78 is 5.35. The summed E-state index contributed by atoms with van der Waals surface area (Å²) in [5, 5.41) is 8.62. The van der Waals surface area contributed by atoms with Crippen molar-refractivity contribution in [1.82, 2.24) is 9.97 Å². The van der Waals surface area contributed by atoms with E-state index in [1.54, 1.807) is 13.8 Å². The number of carboxylic acids is 1. The molecule has 2 N–H and O–H groups in total. The predicted octanol–water partition coefficient (Wildman–Crippen LogP) is 1.19. The maximum absolute atomic E-state index is 11.8. The van der Waals surface area contributed by atoms with Gasteiger partial charge in [-0.1, -0.05) is 0 Å². The lowest BCUT2D eigenvalue weighted by molar-refractivity contribution is -0.136. The third-order valence-electron chi connectivity index (χ3n) is 2.63. The zero-order valence-electron chi connectivity index (χ0n) is 10.8. The van der Waals surface area contributed by atoms with Crippen molar-refractivity contribution >= 4 is 5.97 Å². The predicted molar refractivity (Wildman–Crippen MR) is 65.6 cm³/mol. The van der Waals surface area contributed by atoms with Crippen molar-refractivity contribution < 1.29 is 14.6 Å². The van der Waals surface area contributed by atoms with E-state index in [2.05, 4.69) is 9.97 Å². The maximum Gasteiger partial charge on any atom is 0.303 e. The quantitative estimate of drug-likeness (QED) is 0.795. The number of nitrogens with zero attached hydrogens (tertiary/aromatic N) is 1. The van der Waals surface area contributed by atoms with E-state index >= 15 is 0 Å². The van der Waals surface area contributed by atoms with Crippen LogP contribution >= 0.6 is 0 Å². The molecular weight excluding hydrogens is 236 g/mol. The SMILES string of the molecule is CCOC(C)c1nc(C)c(CCC(=O)O)c(=O)[nH]1. The molecule has 0 bridgehead atoms. The number of rotatable bonds is 6. The Hall–Kier alpha value is -1.69. The number of nitrogens with one attached hydrogen (secondary N) is 1. The number of ether oxygens (including phenoxy) is 1. The van der Waals surface area contributed by atoms with Crippen LogP contribution in [0.15, 0.2) is 4.79 Å². The molecule has 0 saturated carbocycles. The maximum atomic E-state index is 11.8. The molecule has 0 aliphatic carbocycles. The number of aromatic nitrogens is 2. The molecule has 0 aliphatic heterocycles. The van der Waals surface area contributed by atoms with E-state index in [9.17, 15) is 9.59 Å². The normalized spacial score (nSPS) is 12.4. The number of aryl methyl sites for hydroxylation is 1. The van der Waals surface area contributed by atoms with Crippen LogP contribution in [0.25, 0.3) is 0 Å². The fourth-order valence-electron chi connectivity index (χ4n) is 1.68. The Balaban J connectivity index is 2.97. The Labute approximate surface area is 105 Å². The average Bonchev–Trinajstić information content (AvgIpc) is 2.27. The molecule has 0 amide bonds. The molecule has 0 saturated heterocycles. The van der Waals surface area contributed by atoms with Gasteiger partial charge in [0.15, 0.2) is 0 Å². The standard InChI is InChI=1S/C12H18N2O4/c1-4-18-8(3)11-13-7(2)9(12(17)14-11)5-6-10(15)16/h8H,4-6H2,1-3H3,(H,15,16)(H,13,14,17). The topological polar surface area (TPSA) is 92.3 Å². The second-order valence-electron chi connectivity index (χ2n) is 4.01. The van der Waals surface area contributed by atoms with Crippen molar-refractivity contribution in [2.75, 3.05) is 6.61 Å². The van der Waals surface area contributed by atoms with Crippen molar-refractivity contribution in [3.63, 3.8) is 0 Å². The fraction of sp³-hybridized carbons (Fsp3) is 0.583. The van der Waals surface area contributed by atoms with Gasteiger partial charge in [0, 0.05) is 24.3 Å². The van der Waals surface area contributed by atoms with Crippen LogP contribution in [0.5, 0.6) is 0 Å². The van der Waals surface area contributed by atoms with E-state index in [0.29, 0.717) is 23.7 Å². The number of H-pyrrole nitrogens is 1. The molecule has 0 fully saturated rings. The number of carbonyl (C=O) groups is 1. The summed E-state index contributed by atoms with van der Waals surface area (Å²) >= 11 is 0. The van der Waals surface area contributed by atoms with Crippen molar-refractivity contribution in [2.24, 2.45) is 0 Å². The molecule has 0 radical (unpaired) electrons. The lowest BCUT2D eigenvalue weighted by atomic mass is 10.1. The smallest absolute Gasteiger partial charge is 0.303 e. The highest BCUT2D eigenvalue weighted by molar-refractivity contribution is 5.67. The summed E-state index contributed by atoms with van der Waals surface area (Å²) in [7, 11) is 0. The summed E-state index contributed by atoms with van der Waals surface area (Å²) in [6.45, 7) is 5.90. The van der Waals surface area contributed by atoms with Gasteiger partial charge in [0.05, 0.1) is 0 Å². The van der Waals surface area contributed by atoms with Crippen LogP contribution in [0, 0.1) is 6.92 Å². The molecule has 1 aromatic rings. The van der Waals surface area contributed by atoms with E-state index in [1.807, 2.05) is 6.92 Å². The van der Waals surface area contributed by atoms with Gasteiger partial charge in [-0.25, -0.2) is 4.98 Å². The molecule has 1 aromatic heterocycles. The van der Waals surface area contributed by atoms with Gasteiger partial charge < -0.3 is 14.8 Å². The van der Waals surface area contributed by atoms with Gasteiger partial charge in [-0.3, -0.25) is 9.59 Å². The van der Waals surface area contributed by atoms with E-state index in [4.69, 9.17) is 9.84 Å². The third-order valence-corrected chi connectivity index (χ3v) is 2.63. The Morgan fingerprint density at radius 3 is 2.72 bits per heavy atom. The molecular formula is C12H18N2O4. The van der Waals surface area contributed by atoms with Crippen LogP contribution in [-0.4, -0.2) is 27.7 Å². The molecule has 1 rings (SSSR count). The van der Waals surface area contributed by atoms with E-state index < -0.39 is 5.97 Å². The number of hydrogen-bond donors (Lipinski definition) is 2. The molecule has 6 heteroatoms. The van der Waals surface area contributed by atoms with Crippen LogP contribution in [-0.2, 0) is 16.0 Å². The van der Waals surface area contributed by atoms with Gasteiger partial charge in [-0.2, -0.15) is 0 Å². The Morgan fingerprint density at radius 2 is 2.22 bits per heavy atom. The lowest BCUT2D eigenvalue weighted by Crippen LogP contribution is -2.21. The first-order chi connectivity index (χ1) is 8.45. The van der Waals surface area contributed by atoms with Crippen molar-refractivity contribution in [2.45, 2.75) is 39.7 Å². The molecule has 6 nitrogen and oxygen atoms in total. The zero-order valence-corrected chi connectivity index (χ0v) is 10.8. The molecule has 1 atom stereocenters. The van der Waals surface area contributed by atoms with Gasteiger partial charge in [0.2, 0.25) is 0 Å². The van der Waals surface area contributed by atoms with Crippen molar-refractivity contribution in [3.8, 4) is 0 Å². The van der Waals surface area contributed by atoms with Crippen LogP contribution in [0.3, 0.4) is 0 Å². The Morgan fingerprint density at radius 1 is 1.56 bits per heavy atom. The first-order valence-electron chi connectivity index (χ1n) is 5.88.